The molecule has 1 spiro atoms. The lowest BCUT2D eigenvalue weighted by Crippen LogP contribution is -2.51. The number of carbonyl (C=O) groups excluding carboxylic acids is 1. The van der Waals surface area contributed by atoms with Crippen LogP contribution in [0.1, 0.15) is 29.6 Å². The molecule has 1 aromatic carbocycles. The zero-order chi connectivity index (χ0) is 14.7. The van der Waals surface area contributed by atoms with E-state index in [1.54, 1.807) is 19.2 Å². The summed E-state index contributed by atoms with van der Waals surface area (Å²) in [6.45, 7) is 2.86. The molecule has 0 atom stereocenters. The van der Waals surface area contributed by atoms with Crippen LogP contribution in [0.25, 0.3) is 0 Å². The second-order valence-corrected chi connectivity index (χ2v) is 5.48. The number of likely N-dealkylation sites (tertiary alicyclic amines) is 1. The number of rotatable bonds is 2. The number of piperidine rings is 1. The molecule has 0 saturated carbocycles. The van der Waals surface area contributed by atoms with E-state index >= 15 is 0 Å². The average Bonchev–Trinajstić information content (AvgIpc) is 2.56. The highest BCUT2D eigenvalue weighted by Crippen LogP contribution is 2.31. The monoisotopic (exact) mass is 291 g/mol. The number of carbonyl (C=O) groups is 1. The molecular formula is C16H21NO4. The molecular weight excluding hydrogens is 270 g/mol. The third-order valence-corrected chi connectivity index (χ3v) is 4.17. The van der Waals surface area contributed by atoms with Crippen molar-refractivity contribution in [2.45, 2.75) is 25.0 Å². The molecule has 0 aliphatic carbocycles. The first-order valence-corrected chi connectivity index (χ1v) is 7.44. The highest BCUT2D eigenvalue weighted by molar-refractivity contribution is 5.94. The highest BCUT2D eigenvalue weighted by atomic mass is 16.7. The Labute approximate surface area is 124 Å². The summed E-state index contributed by atoms with van der Waals surface area (Å²) in [6, 6.07) is 7.23. The average molecular weight is 291 g/mol. The fourth-order valence-electron chi connectivity index (χ4n) is 2.87. The molecule has 2 saturated heterocycles. The van der Waals surface area contributed by atoms with Crippen LogP contribution in [0.4, 0.5) is 0 Å². The predicted molar refractivity (Wildman–Crippen MR) is 77.4 cm³/mol. The van der Waals surface area contributed by atoms with Crippen molar-refractivity contribution in [2.75, 3.05) is 33.4 Å². The standard InChI is InChI=1S/C16H21NO4/c1-19-14-5-3-13(4-6-14)15(18)17-9-7-16(8-10-17)20-11-2-12-21-16/h3-6H,2,7-12H2,1H3. The Hall–Kier alpha value is -1.59. The second kappa shape index (κ2) is 6.03. The molecule has 2 heterocycles. The molecule has 5 heteroatoms. The summed E-state index contributed by atoms with van der Waals surface area (Å²) in [7, 11) is 1.62. The molecule has 114 valence electrons. The lowest BCUT2D eigenvalue weighted by atomic mass is 10.0. The molecule has 1 aromatic rings. The van der Waals surface area contributed by atoms with Crippen LogP contribution in [-0.4, -0.2) is 50.0 Å². The van der Waals surface area contributed by atoms with Gasteiger partial charge in [0, 0.05) is 31.5 Å². The van der Waals surface area contributed by atoms with Crippen molar-refractivity contribution in [1.29, 1.82) is 0 Å². The van der Waals surface area contributed by atoms with Gasteiger partial charge in [0.15, 0.2) is 5.79 Å². The van der Waals surface area contributed by atoms with E-state index in [-0.39, 0.29) is 5.91 Å². The third-order valence-electron chi connectivity index (χ3n) is 4.17. The minimum atomic E-state index is -0.449. The summed E-state index contributed by atoms with van der Waals surface area (Å²) >= 11 is 0. The van der Waals surface area contributed by atoms with Crippen LogP contribution in [-0.2, 0) is 9.47 Å². The second-order valence-electron chi connectivity index (χ2n) is 5.48. The normalized spacial score (nSPS) is 21.3. The number of nitrogens with zero attached hydrogens (tertiary/aromatic N) is 1. The Morgan fingerprint density at radius 3 is 2.33 bits per heavy atom. The van der Waals surface area contributed by atoms with Crippen LogP contribution in [0.3, 0.4) is 0 Å². The van der Waals surface area contributed by atoms with E-state index in [1.807, 2.05) is 17.0 Å². The first-order chi connectivity index (χ1) is 10.2. The zero-order valence-electron chi connectivity index (χ0n) is 12.3. The molecule has 2 aliphatic heterocycles. The van der Waals surface area contributed by atoms with Crippen molar-refractivity contribution in [3.63, 3.8) is 0 Å². The Morgan fingerprint density at radius 2 is 1.76 bits per heavy atom. The number of hydrogen-bond donors (Lipinski definition) is 0. The Balaban J connectivity index is 1.61. The van der Waals surface area contributed by atoms with Gasteiger partial charge in [-0.3, -0.25) is 4.79 Å². The summed E-state index contributed by atoms with van der Waals surface area (Å²) in [6.07, 6.45) is 2.44. The molecule has 0 aromatic heterocycles. The summed E-state index contributed by atoms with van der Waals surface area (Å²) in [4.78, 5) is 14.3. The molecule has 2 aliphatic rings. The number of methoxy groups -OCH3 is 1. The van der Waals surface area contributed by atoms with Crippen molar-refractivity contribution < 1.29 is 19.0 Å². The SMILES string of the molecule is COc1ccc(C(=O)N2CCC3(CC2)OCCCO3)cc1. The van der Waals surface area contributed by atoms with Crippen LogP contribution in [0.5, 0.6) is 5.75 Å². The van der Waals surface area contributed by atoms with Crippen molar-refractivity contribution >= 4 is 5.91 Å². The largest absolute Gasteiger partial charge is 0.497 e. The summed E-state index contributed by atoms with van der Waals surface area (Å²) in [5.74, 6) is 0.367. The number of hydrogen-bond acceptors (Lipinski definition) is 4. The van der Waals surface area contributed by atoms with Crippen LogP contribution in [0.2, 0.25) is 0 Å². The van der Waals surface area contributed by atoms with E-state index in [0.717, 1.165) is 38.2 Å². The minimum Gasteiger partial charge on any atom is -0.497 e. The van der Waals surface area contributed by atoms with Gasteiger partial charge in [-0.2, -0.15) is 0 Å². The van der Waals surface area contributed by atoms with Gasteiger partial charge in [0.25, 0.3) is 5.91 Å². The maximum atomic E-state index is 12.5. The van der Waals surface area contributed by atoms with Crippen molar-refractivity contribution in [3.8, 4) is 5.75 Å². The van der Waals surface area contributed by atoms with Gasteiger partial charge in [-0.25, -0.2) is 0 Å². The molecule has 0 N–H and O–H groups in total. The first kappa shape index (κ1) is 14.4. The Morgan fingerprint density at radius 1 is 1.14 bits per heavy atom. The van der Waals surface area contributed by atoms with Gasteiger partial charge in [-0.1, -0.05) is 0 Å². The van der Waals surface area contributed by atoms with Crippen molar-refractivity contribution in [3.05, 3.63) is 29.8 Å². The summed E-state index contributed by atoms with van der Waals surface area (Å²) in [5.41, 5.74) is 0.692. The fourth-order valence-corrected chi connectivity index (χ4v) is 2.87. The summed E-state index contributed by atoms with van der Waals surface area (Å²) < 4.78 is 16.7. The number of benzene rings is 1. The quantitative estimate of drug-likeness (QED) is 0.837. The lowest BCUT2D eigenvalue weighted by molar-refractivity contribution is -0.281. The van der Waals surface area contributed by atoms with Crippen molar-refractivity contribution in [2.24, 2.45) is 0 Å². The fraction of sp³-hybridized carbons (Fsp3) is 0.562. The van der Waals surface area contributed by atoms with Crippen LogP contribution in [0.15, 0.2) is 24.3 Å². The highest BCUT2D eigenvalue weighted by Gasteiger charge is 2.39. The van der Waals surface area contributed by atoms with E-state index in [0.29, 0.717) is 18.7 Å². The van der Waals surface area contributed by atoms with Crippen LogP contribution in [0, 0.1) is 0 Å². The maximum Gasteiger partial charge on any atom is 0.253 e. The zero-order valence-corrected chi connectivity index (χ0v) is 12.3. The van der Waals surface area contributed by atoms with Crippen molar-refractivity contribution in [1.82, 2.24) is 4.90 Å². The molecule has 0 radical (unpaired) electrons. The molecule has 2 fully saturated rings. The topological polar surface area (TPSA) is 48.0 Å². The smallest absolute Gasteiger partial charge is 0.253 e. The Kier molecular flexibility index (Phi) is 4.12. The van der Waals surface area contributed by atoms with E-state index in [4.69, 9.17) is 14.2 Å². The van der Waals surface area contributed by atoms with Crippen LogP contribution < -0.4 is 4.74 Å². The van der Waals surface area contributed by atoms with E-state index < -0.39 is 5.79 Å². The molecule has 0 bridgehead atoms. The van der Waals surface area contributed by atoms with E-state index in [1.165, 1.54) is 0 Å². The van der Waals surface area contributed by atoms with Gasteiger partial charge in [-0.15, -0.1) is 0 Å². The Bertz CT molecular complexity index is 484. The number of ether oxygens (including phenoxy) is 3. The molecule has 3 rings (SSSR count). The number of amides is 1. The lowest BCUT2D eigenvalue weighted by Gasteiger charge is -2.43. The third kappa shape index (κ3) is 3.04. The minimum absolute atomic E-state index is 0.0586. The molecule has 1 amide bonds. The first-order valence-electron chi connectivity index (χ1n) is 7.44. The van der Waals surface area contributed by atoms with Gasteiger partial charge in [0.2, 0.25) is 0 Å². The predicted octanol–water partition coefficient (Wildman–Crippen LogP) is 2.06. The van der Waals surface area contributed by atoms with Gasteiger partial charge in [0.1, 0.15) is 5.75 Å². The van der Waals surface area contributed by atoms with Gasteiger partial charge in [0.05, 0.1) is 20.3 Å². The molecule has 21 heavy (non-hydrogen) atoms. The molecule has 5 nitrogen and oxygen atoms in total. The maximum absolute atomic E-state index is 12.5. The van der Waals surface area contributed by atoms with Gasteiger partial charge in [-0.05, 0) is 30.7 Å². The van der Waals surface area contributed by atoms with E-state index in [9.17, 15) is 4.79 Å². The molecule has 0 unspecified atom stereocenters. The van der Waals surface area contributed by atoms with Gasteiger partial charge >= 0.3 is 0 Å². The van der Waals surface area contributed by atoms with E-state index in [2.05, 4.69) is 0 Å². The van der Waals surface area contributed by atoms with Crippen LogP contribution >= 0.6 is 0 Å². The summed E-state index contributed by atoms with van der Waals surface area (Å²) in [5, 5.41) is 0. The van der Waals surface area contributed by atoms with Gasteiger partial charge < -0.3 is 19.1 Å².